The lowest BCUT2D eigenvalue weighted by molar-refractivity contribution is -0.151. The number of carbonyl (C=O) groups is 1. The Morgan fingerprint density at radius 1 is 1.11 bits per heavy atom. The summed E-state index contributed by atoms with van der Waals surface area (Å²) < 4.78 is 5.98. The molecule has 0 aliphatic heterocycles. The Labute approximate surface area is 225 Å². The second-order valence-corrected chi connectivity index (χ2v) is 14.2. The lowest BCUT2D eigenvalue weighted by atomic mass is 9.47. The minimum atomic E-state index is -0.0644. The van der Waals surface area contributed by atoms with Gasteiger partial charge in [0.25, 0.3) is 0 Å². The van der Waals surface area contributed by atoms with Crippen molar-refractivity contribution in [2.75, 3.05) is 0 Å². The minimum Gasteiger partial charge on any atom is -0.462 e. The van der Waals surface area contributed by atoms with E-state index in [-0.39, 0.29) is 12.1 Å². The second-order valence-electron chi connectivity index (χ2n) is 14.2. The molecule has 3 saturated carbocycles. The Hall–Kier alpha value is -1.58. The molecular weight excluding hydrogens is 456 g/mol. The van der Waals surface area contributed by atoms with Gasteiger partial charge in [0.2, 0.25) is 0 Å². The van der Waals surface area contributed by atoms with Crippen LogP contribution in [0.4, 0.5) is 0 Å². The molecule has 3 fully saturated rings. The summed E-state index contributed by atoms with van der Waals surface area (Å²) in [6.07, 6.45) is 21.6. The monoisotopic (exact) mass is 508 g/mol. The first-order valence-corrected chi connectivity index (χ1v) is 15.6. The van der Waals surface area contributed by atoms with Crippen molar-refractivity contribution in [1.82, 2.24) is 9.97 Å². The van der Waals surface area contributed by atoms with Crippen LogP contribution in [-0.2, 0) is 16.0 Å². The van der Waals surface area contributed by atoms with Crippen LogP contribution in [0.25, 0.3) is 0 Å². The van der Waals surface area contributed by atoms with Crippen LogP contribution in [0.2, 0.25) is 0 Å². The van der Waals surface area contributed by atoms with Gasteiger partial charge in [-0.05, 0) is 97.7 Å². The van der Waals surface area contributed by atoms with E-state index in [9.17, 15) is 4.79 Å². The first-order chi connectivity index (χ1) is 17.7. The highest BCUT2D eigenvalue weighted by Gasteiger charge is 2.59. The normalized spacial score (nSPS) is 37.9. The van der Waals surface area contributed by atoms with Crippen molar-refractivity contribution in [2.24, 2.45) is 46.3 Å². The summed E-state index contributed by atoms with van der Waals surface area (Å²) in [6, 6.07) is 0. The maximum atomic E-state index is 12.5. The first kappa shape index (κ1) is 27.0. The van der Waals surface area contributed by atoms with Gasteiger partial charge in [0.1, 0.15) is 6.10 Å². The number of aryl methyl sites for hydroxylation is 1. The van der Waals surface area contributed by atoms with E-state index >= 15 is 0 Å². The van der Waals surface area contributed by atoms with Gasteiger partial charge >= 0.3 is 5.97 Å². The maximum Gasteiger partial charge on any atom is 0.306 e. The molecule has 1 aromatic heterocycles. The molecule has 5 rings (SSSR count). The molecule has 0 amide bonds. The van der Waals surface area contributed by atoms with Crippen molar-refractivity contribution < 1.29 is 9.53 Å². The van der Waals surface area contributed by atoms with Gasteiger partial charge in [-0.2, -0.15) is 0 Å². The summed E-state index contributed by atoms with van der Waals surface area (Å²) in [5.41, 5.74) is 3.45. The van der Waals surface area contributed by atoms with Crippen molar-refractivity contribution in [2.45, 2.75) is 124 Å². The number of carbonyl (C=O) groups excluding carboxylic acids is 1. The van der Waals surface area contributed by atoms with E-state index in [1.807, 2.05) is 0 Å². The van der Waals surface area contributed by atoms with E-state index in [1.54, 1.807) is 18.1 Å². The summed E-state index contributed by atoms with van der Waals surface area (Å²) in [7, 11) is 0. The van der Waals surface area contributed by atoms with Gasteiger partial charge in [0.15, 0.2) is 0 Å². The fraction of sp³-hybridized carbons (Fsp3) is 0.818. The highest BCUT2D eigenvalue weighted by atomic mass is 16.5. The highest BCUT2D eigenvalue weighted by Crippen LogP contribution is 2.67. The molecule has 0 radical (unpaired) electrons. The zero-order chi connectivity index (χ0) is 26.2. The molecule has 1 N–H and O–H groups in total. The molecule has 4 heteroatoms. The number of rotatable bonds is 9. The number of fused-ring (bicyclic) bond motifs is 5. The number of aromatic nitrogens is 2. The smallest absolute Gasteiger partial charge is 0.306 e. The minimum absolute atomic E-state index is 0.0570. The zero-order valence-corrected chi connectivity index (χ0v) is 24.2. The number of esters is 1. The molecule has 8 atom stereocenters. The standard InChI is InChI=1S/C33H52N2O2/c1-22(2)7-6-8-23(3)28-12-13-29-27-11-9-24-19-26(37-31(36)14-10-25-20-34-21-35-25)15-17-32(24,4)30(27)16-18-33(28,29)5/h9,20-23,26-30H,6-8,10-19H2,1-5H3,(H,34,35)/t23-,26+,27+,28-,29+,30+,32+,33-/m1/s1. The van der Waals surface area contributed by atoms with E-state index in [4.69, 9.17) is 4.74 Å². The predicted octanol–water partition coefficient (Wildman–Crippen LogP) is 8.30. The van der Waals surface area contributed by atoms with Gasteiger partial charge in [-0.15, -0.1) is 0 Å². The Morgan fingerprint density at radius 3 is 2.70 bits per heavy atom. The molecule has 0 aromatic carbocycles. The Kier molecular flexibility index (Phi) is 7.95. The fourth-order valence-corrected chi connectivity index (χ4v) is 9.66. The van der Waals surface area contributed by atoms with Crippen LogP contribution in [0.3, 0.4) is 0 Å². The van der Waals surface area contributed by atoms with Gasteiger partial charge in [-0.25, -0.2) is 4.98 Å². The number of nitrogens with zero attached hydrogens (tertiary/aromatic N) is 1. The maximum absolute atomic E-state index is 12.5. The van der Waals surface area contributed by atoms with Crippen LogP contribution >= 0.6 is 0 Å². The van der Waals surface area contributed by atoms with E-state index in [1.165, 1.54) is 57.8 Å². The van der Waals surface area contributed by atoms with Gasteiger partial charge < -0.3 is 9.72 Å². The first-order valence-electron chi connectivity index (χ1n) is 15.6. The van der Waals surface area contributed by atoms with Gasteiger partial charge in [-0.1, -0.05) is 65.5 Å². The average Bonchev–Trinajstić information content (AvgIpc) is 3.50. The number of nitrogens with one attached hydrogen (secondary N) is 1. The molecule has 4 nitrogen and oxygen atoms in total. The lowest BCUT2D eigenvalue weighted by Crippen LogP contribution is -2.51. The largest absolute Gasteiger partial charge is 0.462 e. The number of aromatic amines is 1. The molecule has 1 heterocycles. The van der Waals surface area contributed by atoms with E-state index in [0.717, 1.165) is 54.0 Å². The number of allylic oxidation sites excluding steroid dienone is 1. The fourth-order valence-electron chi connectivity index (χ4n) is 9.66. The van der Waals surface area contributed by atoms with Gasteiger partial charge in [0.05, 0.1) is 12.7 Å². The molecule has 206 valence electrons. The Bertz CT molecular complexity index is 952. The summed E-state index contributed by atoms with van der Waals surface area (Å²) in [5, 5.41) is 0. The summed E-state index contributed by atoms with van der Waals surface area (Å²) >= 11 is 0. The molecule has 0 bridgehead atoms. The van der Waals surface area contributed by atoms with Crippen LogP contribution in [0.5, 0.6) is 0 Å². The summed E-state index contributed by atoms with van der Waals surface area (Å²) in [4.78, 5) is 19.7. The van der Waals surface area contributed by atoms with Crippen molar-refractivity contribution in [3.8, 4) is 0 Å². The third-order valence-electron chi connectivity index (χ3n) is 11.7. The molecule has 37 heavy (non-hydrogen) atoms. The van der Waals surface area contributed by atoms with Crippen LogP contribution in [0.15, 0.2) is 24.2 Å². The van der Waals surface area contributed by atoms with Crippen LogP contribution in [-0.4, -0.2) is 22.0 Å². The summed E-state index contributed by atoms with van der Waals surface area (Å²) in [6.45, 7) is 12.6. The SMILES string of the molecule is CC(C)CCC[C@@H](C)[C@H]1CC[C@H]2[C@@H]3CC=C4C[C@@H](OC(=O)CCc5cnc[nH]5)CC[C@]4(C)[C@H]3CC[C@]12C. The molecule has 0 spiro atoms. The zero-order valence-electron chi connectivity index (χ0n) is 24.2. The number of hydrogen-bond donors (Lipinski definition) is 1. The predicted molar refractivity (Wildman–Crippen MR) is 150 cm³/mol. The highest BCUT2D eigenvalue weighted by molar-refractivity contribution is 5.69. The third-order valence-corrected chi connectivity index (χ3v) is 11.7. The average molecular weight is 509 g/mol. The van der Waals surface area contributed by atoms with E-state index < -0.39 is 0 Å². The van der Waals surface area contributed by atoms with Crippen molar-refractivity contribution >= 4 is 5.97 Å². The molecule has 1 aromatic rings. The number of ether oxygens (including phenoxy) is 1. The second kappa shape index (κ2) is 10.9. The van der Waals surface area contributed by atoms with Gasteiger partial charge in [-0.3, -0.25) is 4.79 Å². The van der Waals surface area contributed by atoms with Gasteiger partial charge in [0, 0.05) is 18.3 Å². The van der Waals surface area contributed by atoms with Crippen LogP contribution in [0.1, 0.15) is 117 Å². The Balaban J connectivity index is 1.20. The molecule has 0 saturated heterocycles. The Morgan fingerprint density at radius 2 is 1.95 bits per heavy atom. The molecular formula is C33H52N2O2. The number of imidazole rings is 1. The number of H-pyrrole nitrogens is 1. The van der Waals surface area contributed by atoms with E-state index in [0.29, 0.717) is 23.7 Å². The van der Waals surface area contributed by atoms with Crippen molar-refractivity contribution in [1.29, 1.82) is 0 Å². The molecule has 0 unspecified atom stereocenters. The topological polar surface area (TPSA) is 55.0 Å². The third kappa shape index (κ3) is 5.33. The number of hydrogen-bond acceptors (Lipinski definition) is 3. The lowest BCUT2D eigenvalue weighted by Gasteiger charge is -2.58. The van der Waals surface area contributed by atoms with Crippen LogP contribution < -0.4 is 0 Å². The van der Waals surface area contributed by atoms with Crippen molar-refractivity contribution in [3.63, 3.8) is 0 Å². The molecule has 4 aliphatic carbocycles. The van der Waals surface area contributed by atoms with Crippen LogP contribution in [0, 0.1) is 46.3 Å². The molecule has 4 aliphatic rings. The quantitative estimate of drug-likeness (QED) is 0.270. The van der Waals surface area contributed by atoms with Crippen molar-refractivity contribution in [3.05, 3.63) is 29.9 Å². The van der Waals surface area contributed by atoms with E-state index in [2.05, 4.69) is 50.7 Å². The summed E-state index contributed by atoms with van der Waals surface area (Å²) in [5.74, 6) is 5.13.